The summed E-state index contributed by atoms with van der Waals surface area (Å²) >= 11 is 0. The van der Waals surface area contributed by atoms with E-state index in [9.17, 15) is 39.9 Å². The molecule has 1 saturated heterocycles. The third kappa shape index (κ3) is 4.43. The van der Waals surface area contributed by atoms with Gasteiger partial charge in [-0.25, -0.2) is 0 Å². The molecule has 12 heteroatoms. The van der Waals surface area contributed by atoms with Crippen LogP contribution in [0.25, 0.3) is 0 Å². The number of aliphatic hydroxyl groups is 5. The summed E-state index contributed by atoms with van der Waals surface area (Å²) in [6.45, 7) is 0.639. The van der Waals surface area contributed by atoms with Crippen molar-refractivity contribution < 1.29 is 54.1 Å². The number of benzene rings is 1. The predicted molar refractivity (Wildman–Crippen MR) is 132 cm³/mol. The Hall–Kier alpha value is -2.29. The average molecular weight is 550 g/mol. The normalized spacial score (nSPS) is 43.7. The highest BCUT2D eigenvalue weighted by molar-refractivity contribution is 6.18. The quantitative estimate of drug-likeness (QED) is 0.250. The molecule has 12 nitrogen and oxygen atoms in total. The van der Waals surface area contributed by atoms with Gasteiger partial charge in [-0.05, 0) is 25.3 Å². The number of Topliss-reactive ketones (excluding diaryl/α,β-unsaturated/α-hetero) is 3. The van der Waals surface area contributed by atoms with E-state index in [1.807, 2.05) is 0 Å². The van der Waals surface area contributed by atoms with Gasteiger partial charge in [0, 0.05) is 30.4 Å². The maximum absolute atomic E-state index is 13.8. The van der Waals surface area contributed by atoms with Crippen molar-refractivity contribution in [1.29, 1.82) is 0 Å². The molecule has 7 N–H and O–H groups in total. The summed E-state index contributed by atoms with van der Waals surface area (Å²) in [7, 11) is 1.36. The van der Waals surface area contributed by atoms with E-state index in [2.05, 4.69) is 0 Å². The molecular weight excluding hydrogens is 514 g/mol. The molecule has 11 unspecified atom stereocenters. The zero-order chi connectivity index (χ0) is 28.4. The highest BCUT2D eigenvalue weighted by Crippen LogP contribution is 2.53. The van der Waals surface area contributed by atoms with Crippen LogP contribution < -0.4 is 10.5 Å². The number of aliphatic hydroxyl groups excluding tert-OH is 4. The van der Waals surface area contributed by atoms with Crippen LogP contribution in [-0.2, 0) is 14.3 Å². The summed E-state index contributed by atoms with van der Waals surface area (Å²) < 4.78 is 17.2. The third-order valence-electron chi connectivity index (χ3n) is 9.10. The second-order valence-corrected chi connectivity index (χ2v) is 11.2. The van der Waals surface area contributed by atoms with Gasteiger partial charge in [-0.2, -0.15) is 0 Å². The van der Waals surface area contributed by atoms with Crippen molar-refractivity contribution in [2.75, 3.05) is 13.7 Å². The Morgan fingerprint density at radius 2 is 1.79 bits per heavy atom. The van der Waals surface area contributed by atoms with Gasteiger partial charge in [-0.1, -0.05) is 12.1 Å². The number of rotatable bonds is 5. The summed E-state index contributed by atoms with van der Waals surface area (Å²) in [6.07, 6.45) is -7.40. The summed E-state index contributed by atoms with van der Waals surface area (Å²) in [4.78, 5) is 40.0. The molecule has 0 aromatic heterocycles. The Bertz CT molecular complexity index is 1150. The lowest BCUT2D eigenvalue weighted by atomic mass is 9.52. The summed E-state index contributed by atoms with van der Waals surface area (Å²) in [6, 6.07) is 3.85. The molecule has 0 radical (unpaired) electrons. The first-order valence-corrected chi connectivity index (χ1v) is 13.2. The van der Waals surface area contributed by atoms with Crippen molar-refractivity contribution in [2.45, 2.75) is 74.6 Å². The Kier molecular flexibility index (Phi) is 7.44. The van der Waals surface area contributed by atoms with Crippen molar-refractivity contribution in [3.8, 4) is 5.75 Å². The number of nitrogens with two attached hydrogens (primary N) is 1. The van der Waals surface area contributed by atoms with Gasteiger partial charge in [0.2, 0.25) is 0 Å². The van der Waals surface area contributed by atoms with Gasteiger partial charge < -0.3 is 45.5 Å². The van der Waals surface area contributed by atoms with Crippen molar-refractivity contribution in [3.05, 3.63) is 29.3 Å². The lowest BCUT2D eigenvalue weighted by Gasteiger charge is -2.56. The molecule has 0 bridgehead atoms. The van der Waals surface area contributed by atoms with Gasteiger partial charge in [0.1, 0.15) is 18.0 Å². The van der Waals surface area contributed by atoms with Crippen LogP contribution in [0.5, 0.6) is 5.75 Å². The Labute approximate surface area is 224 Å². The molecule has 2 saturated carbocycles. The van der Waals surface area contributed by atoms with E-state index in [0.717, 1.165) is 0 Å². The third-order valence-corrected chi connectivity index (χ3v) is 9.10. The zero-order valence-electron chi connectivity index (χ0n) is 21.7. The van der Waals surface area contributed by atoms with Gasteiger partial charge >= 0.3 is 0 Å². The molecule has 1 aromatic carbocycles. The molecular formula is C27H35NO11. The molecule has 3 fully saturated rings. The number of carbonyl (C=O) groups excluding carboxylic acids is 3. The van der Waals surface area contributed by atoms with Gasteiger partial charge in [-0.3, -0.25) is 14.4 Å². The smallest absolute Gasteiger partial charge is 0.189 e. The maximum atomic E-state index is 13.8. The summed E-state index contributed by atoms with van der Waals surface area (Å²) in [5, 5.41) is 54.3. The number of hydrogen-bond acceptors (Lipinski definition) is 12. The first-order chi connectivity index (χ1) is 18.4. The number of hydrogen-bond donors (Lipinski definition) is 6. The lowest BCUT2D eigenvalue weighted by molar-refractivity contribution is -0.277. The largest absolute Gasteiger partial charge is 0.496 e. The first kappa shape index (κ1) is 28.2. The minimum Gasteiger partial charge on any atom is -0.496 e. The Balaban J connectivity index is 1.55. The van der Waals surface area contributed by atoms with Crippen LogP contribution in [0.2, 0.25) is 0 Å². The number of methoxy groups -OCH3 is 1. The van der Waals surface area contributed by atoms with Crippen LogP contribution in [0.1, 0.15) is 46.9 Å². The van der Waals surface area contributed by atoms with Crippen molar-refractivity contribution in [3.63, 3.8) is 0 Å². The number of ketones is 3. The second kappa shape index (κ2) is 10.3. The molecule has 214 valence electrons. The first-order valence-electron chi connectivity index (χ1n) is 13.2. The van der Waals surface area contributed by atoms with Gasteiger partial charge in [0.15, 0.2) is 23.6 Å². The molecule has 1 aromatic rings. The summed E-state index contributed by atoms with van der Waals surface area (Å²) in [5.74, 6) is -6.51. The average Bonchev–Trinajstić information content (AvgIpc) is 2.90. The molecule has 0 spiro atoms. The highest BCUT2D eigenvalue weighted by Gasteiger charge is 2.64. The molecule has 5 rings (SSSR count). The molecule has 1 heterocycles. The Morgan fingerprint density at radius 3 is 2.44 bits per heavy atom. The highest BCUT2D eigenvalue weighted by atomic mass is 16.7. The molecule has 0 amide bonds. The summed E-state index contributed by atoms with van der Waals surface area (Å²) in [5.41, 5.74) is 4.00. The predicted octanol–water partition coefficient (Wildman–Crippen LogP) is -1.43. The fourth-order valence-corrected chi connectivity index (χ4v) is 7.13. The topological polar surface area (TPSA) is 206 Å². The zero-order valence-corrected chi connectivity index (χ0v) is 21.7. The van der Waals surface area contributed by atoms with E-state index < -0.39 is 96.1 Å². The van der Waals surface area contributed by atoms with Crippen LogP contribution in [0.15, 0.2) is 18.2 Å². The van der Waals surface area contributed by atoms with E-state index in [0.29, 0.717) is 0 Å². The minimum atomic E-state index is -2.13. The van der Waals surface area contributed by atoms with E-state index >= 15 is 0 Å². The van der Waals surface area contributed by atoms with Crippen LogP contribution >= 0.6 is 0 Å². The van der Waals surface area contributed by atoms with E-state index in [-0.39, 0.29) is 36.1 Å². The van der Waals surface area contributed by atoms with E-state index in [1.54, 1.807) is 13.0 Å². The van der Waals surface area contributed by atoms with E-state index in [1.165, 1.54) is 19.2 Å². The Morgan fingerprint density at radius 1 is 1.10 bits per heavy atom. The number of fused-ring (bicyclic) bond motifs is 3. The van der Waals surface area contributed by atoms with Gasteiger partial charge in [0.05, 0.1) is 55.0 Å². The van der Waals surface area contributed by atoms with Crippen LogP contribution in [-0.4, -0.2) is 105 Å². The van der Waals surface area contributed by atoms with Crippen molar-refractivity contribution in [1.82, 2.24) is 0 Å². The van der Waals surface area contributed by atoms with Crippen LogP contribution in [0.3, 0.4) is 0 Å². The van der Waals surface area contributed by atoms with Gasteiger partial charge in [-0.15, -0.1) is 0 Å². The second-order valence-electron chi connectivity index (χ2n) is 11.2. The number of carbonyl (C=O) groups is 3. The fourth-order valence-electron chi connectivity index (χ4n) is 7.13. The SMILES string of the molecule is COc1cccc2c1C(=O)C1C(O)C3C(OC4CC(N)C(O)C(C)O4)C[C@](O)(C(=O)CO)CC3C(O)C1C2=O. The van der Waals surface area contributed by atoms with Crippen molar-refractivity contribution in [2.24, 2.45) is 29.4 Å². The van der Waals surface area contributed by atoms with E-state index in [4.69, 9.17) is 19.9 Å². The fraction of sp³-hybridized carbons (Fsp3) is 0.667. The molecule has 39 heavy (non-hydrogen) atoms. The van der Waals surface area contributed by atoms with Crippen molar-refractivity contribution >= 4 is 17.3 Å². The molecule has 1 aliphatic heterocycles. The van der Waals surface area contributed by atoms with Crippen LogP contribution in [0.4, 0.5) is 0 Å². The van der Waals surface area contributed by atoms with Crippen LogP contribution in [0, 0.1) is 23.7 Å². The monoisotopic (exact) mass is 549 g/mol. The number of ether oxygens (including phenoxy) is 3. The van der Waals surface area contributed by atoms with Gasteiger partial charge in [0.25, 0.3) is 0 Å². The molecule has 4 aliphatic rings. The lowest BCUT2D eigenvalue weighted by Crippen LogP contribution is -2.67. The minimum absolute atomic E-state index is 0.0283. The standard InChI is InChI=1S/C27H35NO11/c1-10-22(31)13(28)6-17(38-10)39-15-8-27(36,16(30)9-29)7-12-19(15)26(35)21-20(24(12)33)23(32)11-4-3-5-14(37-2)18(11)25(21)34/h3-5,10,12-13,15,17,19-22,24,26,29,31,33,35-36H,6-9,28H2,1-2H3/t10?,12?,13?,15?,17?,19?,20?,21?,22?,24?,26?,27-/m0/s1. The molecule has 3 aliphatic carbocycles. The molecule has 12 atom stereocenters. The maximum Gasteiger partial charge on any atom is 0.189 e.